The third-order valence-corrected chi connectivity index (χ3v) is 2.34. The molecule has 0 saturated carbocycles. The number of hydrogen-bond acceptors (Lipinski definition) is 3. The average molecular weight is 227 g/mol. The van der Waals surface area contributed by atoms with Crippen LogP contribution in [-0.4, -0.2) is 39.8 Å². The van der Waals surface area contributed by atoms with E-state index in [0.717, 1.165) is 0 Å². The highest BCUT2D eigenvalue weighted by Crippen LogP contribution is 2.25. The van der Waals surface area contributed by atoms with Gasteiger partial charge in [-0.05, 0) is 27.7 Å². The van der Waals surface area contributed by atoms with Gasteiger partial charge in [0.2, 0.25) is 0 Å². The fourth-order valence-corrected chi connectivity index (χ4v) is 1.44. The molecule has 5 heteroatoms. The number of aliphatic carboxylic acids is 1. The maximum atomic E-state index is 11.8. The van der Waals surface area contributed by atoms with Gasteiger partial charge >= 0.3 is 12.1 Å². The fraction of sp³-hybridized carbons (Fsp3) is 0.636. The molecule has 0 aromatic heterocycles. The van der Waals surface area contributed by atoms with Gasteiger partial charge in [-0.2, -0.15) is 0 Å². The van der Waals surface area contributed by atoms with Gasteiger partial charge in [0.05, 0.1) is 0 Å². The molecule has 0 bridgehead atoms. The van der Waals surface area contributed by atoms with Gasteiger partial charge < -0.3 is 9.84 Å². The Morgan fingerprint density at radius 2 is 2.00 bits per heavy atom. The number of carbonyl (C=O) groups excluding carboxylic acids is 1. The van der Waals surface area contributed by atoms with Crippen LogP contribution in [0.1, 0.15) is 27.7 Å². The van der Waals surface area contributed by atoms with Crippen LogP contribution in [0.25, 0.3) is 0 Å². The third kappa shape index (κ3) is 2.35. The lowest BCUT2D eigenvalue weighted by Gasteiger charge is -2.32. The predicted molar refractivity (Wildman–Crippen MR) is 58.1 cm³/mol. The number of ether oxygens (including phenoxy) is 1. The predicted octanol–water partition coefficient (Wildman–Crippen LogP) is 1.64. The van der Waals surface area contributed by atoms with Crippen molar-refractivity contribution >= 4 is 12.1 Å². The topological polar surface area (TPSA) is 66.8 Å². The molecule has 0 aromatic rings. The molecule has 0 saturated heterocycles. The van der Waals surface area contributed by atoms with Crippen molar-refractivity contribution in [1.82, 2.24) is 4.90 Å². The van der Waals surface area contributed by atoms with Crippen LogP contribution >= 0.6 is 0 Å². The van der Waals surface area contributed by atoms with Crippen LogP contribution in [0.15, 0.2) is 12.2 Å². The van der Waals surface area contributed by atoms with Gasteiger partial charge in [-0.25, -0.2) is 9.59 Å². The van der Waals surface area contributed by atoms with E-state index >= 15 is 0 Å². The van der Waals surface area contributed by atoms with Crippen molar-refractivity contribution < 1.29 is 19.4 Å². The zero-order chi connectivity index (χ0) is 12.6. The van der Waals surface area contributed by atoms with Crippen LogP contribution in [-0.2, 0) is 9.53 Å². The molecule has 0 spiro atoms. The summed E-state index contributed by atoms with van der Waals surface area (Å²) in [5.74, 6) is -1.06. The molecule has 1 heterocycles. The fourth-order valence-electron chi connectivity index (χ4n) is 1.44. The minimum atomic E-state index is -1.30. The molecule has 1 amide bonds. The Hall–Kier alpha value is -1.52. The van der Waals surface area contributed by atoms with E-state index in [1.807, 2.05) is 0 Å². The first kappa shape index (κ1) is 12.5. The minimum Gasteiger partial charge on any atom is -0.479 e. The Balaban J connectivity index is 2.83. The molecule has 1 aliphatic heterocycles. The van der Waals surface area contributed by atoms with Gasteiger partial charge in [-0.15, -0.1) is 0 Å². The van der Waals surface area contributed by atoms with Crippen molar-refractivity contribution in [2.45, 2.75) is 38.8 Å². The van der Waals surface area contributed by atoms with Gasteiger partial charge in [0.25, 0.3) is 0 Å². The maximum Gasteiger partial charge on any atom is 0.411 e. The summed E-state index contributed by atoms with van der Waals surface area (Å²) in [5.41, 5.74) is -1.93. The van der Waals surface area contributed by atoms with Gasteiger partial charge in [-0.1, -0.05) is 12.2 Å². The first-order valence-electron chi connectivity index (χ1n) is 5.08. The lowest BCUT2D eigenvalue weighted by molar-refractivity contribution is -0.146. The summed E-state index contributed by atoms with van der Waals surface area (Å²) in [6.45, 7) is 6.96. The third-order valence-electron chi connectivity index (χ3n) is 2.34. The number of rotatable bonds is 1. The van der Waals surface area contributed by atoms with Crippen molar-refractivity contribution in [2.75, 3.05) is 6.54 Å². The Bertz CT molecular complexity index is 342. The highest BCUT2D eigenvalue weighted by Gasteiger charge is 2.44. The van der Waals surface area contributed by atoms with Crippen molar-refractivity contribution in [1.29, 1.82) is 0 Å². The Kier molecular flexibility index (Phi) is 2.99. The number of nitrogens with zero attached hydrogens (tertiary/aromatic N) is 1. The molecule has 16 heavy (non-hydrogen) atoms. The quantitative estimate of drug-likeness (QED) is 0.691. The van der Waals surface area contributed by atoms with E-state index in [1.54, 1.807) is 26.8 Å². The van der Waals surface area contributed by atoms with E-state index in [-0.39, 0.29) is 6.54 Å². The van der Waals surface area contributed by atoms with E-state index in [9.17, 15) is 9.59 Å². The zero-order valence-electron chi connectivity index (χ0n) is 9.98. The molecule has 1 rings (SSSR count). The average Bonchev–Trinajstić information content (AvgIpc) is 2.45. The first-order chi connectivity index (χ1) is 7.17. The molecular weight excluding hydrogens is 210 g/mol. The molecule has 0 fully saturated rings. The van der Waals surface area contributed by atoms with Crippen LogP contribution in [0.4, 0.5) is 4.79 Å². The molecule has 1 N–H and O–H groups in total. The van der Waals surface area contributed by atoms with Crippen LogP contribution in [0.3, 0.4) is 0 Å². The molecule has 0 aliphatic carbocycles. The van der Waals surface area contributed by atoms with Crippen LogP contribution in [0, 0.1) is 0 Å². The smallest absolute Gasteiger partial charge is 0.411 e. The summed E-state index contributed by atoms with van der Waals surface area (Å²) in [6.07, 6.45) is 2.54. The largest absolute Gasteiger partial charge is 0.479 e. The Labute approximate surface area is 94.7 Å². The van der Waals surface area contributed by atoms with Crippen LogP contribution < -0.4 is 0 Å². The molecular formula is C11H17NO4. The van der Waals surface area contributed by atoms with Crippen molar-refractivity contribution in [2.24, 2.45) is 0 Å². The Morgan fingerprint density at radius 3 is 2.44 bits per heavy atom. The first-order valence-corrected chi connectivity index (χ1v) is 5.08. The Morgan fingerprint density at radius 1 is 1.44 bits per heavy atom. The molecule has 1 unspecified atom stereocenters. The number of hydrogen-bond donors (Lipinski definition) is 1. The SMILES string of the molecule is CC(C)(C)OC(=O)N1CC=CC1(C)C(=O)O. The summed E-state index contributed by atoms with van der Waals surface area (Å²) in [6, 6.07) is 0. The summed E-state index contributed by atoms with van der Waals surface area (Å²) in [5, 5.41) is 9.09. The van der Waals surface area contributed by atoms with Crippen LogP contribution in [0.5, 0.6) is 0 Å². The number of carboxylic acid groups (broad SMARTS) is 1. The van der Waals surface area contributed by atoms with Crippen LogP contribution in [0.2, 0.25) is 0 Å². The summed E-state index contributed by atoms with van der Waals surface area (Å²) >= 11 is 0. The number of carbonyl (C=O) groups is 2. The molecule has 1 aliphatic rings. The van der Waals surface area contributed by atoms with E-state index in [2.05, 4.69) is 0 Å². The van der Waals surface area contributed by atoms with E-state index in [0.29, 0.717) is 0 Å². The standard InChI is InChI=1S/C11H17NO4/c1-10(2,3)16-9(15)12-7-5-6-11(12,4)8(13)14/h5-6H,7H2,1-4H3,(H,13,14). The van der Waals surface area contributed by atoms with Gasteiger partial charge in [0.1, 0.15) is 5.60 Å². The second-order valence-corrected chi connectivity index (χ2v) is 4.95. The van der Waals surface area contributed by atoms with E-state index in [1.165, 1.54) is 17.9 Å². The molecule has 90 valence electrons. The highest BCUT2D eigenvalue weighted by molar-refractivity contribution is 5.87. The summed E-state index contributed by atoms with van der Waals surface area (Å²) in [4.78, 5) is 24.1. The zero-order valence-corrected chi connectivity index (χ0v) is 9.98. The monoisotopic (exact) mass is 227 g/mol. The van der Waals surface area contributed by atoms with Gasteiger partial charge in [0, 0.05) is 6.54 Å². The number of carboxylic acids is 1. The van der Waals surface area contributed by atoms with E-state index < -0.39 is 23.2 Å². The second kappa shape index (κ2) is 3.81. The highest BCUT2D eigenvalue weighted by atomic mass is 16.6. The number of amides is 1. The normalized spacial score (nSPS) is 24.6. The summed E-state index contributed by atoms with van der Waals surface area (Å²) < 4.78 is 5.15. The molecule has 0 aromatic carbocycles. The van der Waals surface area contributed by atoms with Gasteiger partial charge in [-0.3, -0.25) is 4.90 Å². The van der Waals surface area contributed by atoms with Crippen molar-refractivity contribution in [3.63, 3.8) is 0 Å². The molecule has 1 atom stereocenters. The lowest BCUT2D eigenvalue weighted by atomic mass is 10.0. The minimum absolute atomic E-state index is 0.262. The van der Waals surface area contributed by atoms with Gasteiger partial charge in [0.15, 0.2) is 5.54 Å². The second-order valence-electron chi connectivity index (χ2n) is 4.95. The molecule has 5 nitrogen and oxygen atoms in total. The molecule has 0 radical (unpaired) electrons. The van der Waals surface area contributed by atoms with Crippen molar-refractivity contribution in [3.05, 3.63) is 12.2 Å². The van der Waals surface area contributed by atoms with Crippen molar-refractivity contribution in [3.8, 4) is 0 Å². The summed E-state index contributed by atoms with van der Waals surface area (Å²) in [7, 11) is 0. The lowest BCUT2D eigenvalue weighted by Crippen LogP contribution is -2.52. The maximum absolute atomic E-state index is 11.8. The van der Waals surface area contributed by atoms with E-state index in [4.69, 9.17) is 9.84 Å².